The van der Waals surface area contributed by atoms with Gasteiger partial charge in [-0.25, -0.2) is 4.79 Å². The van der Waals surface area contributed by atoms with Gasteiger partial charge in [-0.05, 0) is 36.6 Å². The van der Waals surface area contributed by atoms with Crippen molar-refractivity contribution in [3.8, 4) is 0 Å². The minimum atomic E-state index is -0.941. The lowest BCUT2D eigenvalue weighted by Gasteiger charge is -2.29. The summed E-state index contributed by atoms with van der Waals surface area (Å²) in [6, 6.07) is 5.15. The van der Waals surface area contributed by atoms with Gasteiger partial charge in [-0.15, -0.1) is 0 Å². The first-order valence-electron chi connectivity index (χ1n) is 8.09. The van der Waals surface area contributed by atoms with Gasteiger partial charge in [-0.2, -0.15) is 0 Å². The molecule has 7 heteroatoms. The molecule has 0 saturated carbocycles. The molecule has 0 aromatic heterocycles. The molecular formula is C17H23N3O4. The predicted octanol–water partition coefficient (Wildman–Crippen LogP) is 2.31. The maximum absolute atomic E-state index is 12.1. The second-order valence-corrected chi connectivity index (χ2v) is 5.88. The highest BCUT2D eigenvalue weighted by molar-refractivity contribution is 5.97. The largest absolute Gasteiger partial charge is 0.481 e. The molecule has 1 aromatic rings. The van der Waals surface area contributed by atoms with Crippen LogP contribution in [0, 0.1) is 0 Å². The topological polar surface area (TPSA) is 90.0 Å². The molecule has 7 nitrogen and oxygen atoms in total. The normalized spacial score (nSPS) is 13.4. The van der Waals surface area contributed by atoms with E-state index in [1.807, 2.05) is 19.1 Å². The van der Waals surface area contributed by atoms with Gasteiger partial charge in [0, 0.05) is 37.9 Å². The monoisotopic (exact) mass is 333 g/mol. The average Bonchev–Trinajstić information content (AvgIpc) is 2.55. The zero-order valence-corrected chi connectivity index (χ0v) is 14.0. The first-order chi connectivity index (χ1) is 11.4. The Labute approximate surface area is 141 Å². The van der Waals surface area contributed by atoms with E-state index in [-0.39, 0.29) is 24.9 Å². The first-order valence-corrected chi connectivity index (χ1v) is 8.09. The number of carboxylic acids is 1. The Balaban J connectivity index is 2.07. The fourth-order valence-corrected chi connectivity index (χ4v) is 2.69. The average molecular weight is 333 g/mol. The second kappa shape index (κ2) is 7.81. The predicted molar refractivity (Wildman–Crippen MR) is 91.3 cm³/mol. The van der Waals surface area contributed by atoms with Crippen molar-refractivity contribution in [1.82, 2.24) is 4.90 Å². The summed E-state index contributed by atoms with van der Waals surface area (Å²) in [5, 5.41) is 11.4. The number of carboxylic acid groups (broad SMARTS) is 1. The highest BCUT2D eigenvalue weighted by Gasteiger charge is 2.23. The molecule has 24 heavy (non-hydrogen) atoms. The van der Waals surface area contributed by atoms with Gasteiger partial charge in [0.25, 0.3) is 0 Å². The zero-order chi connectivity index (χ0) is 17.7. The van der Waals surface area contributed by atoms with Crippen LogP contribution in [0.4, 0.5) is 16.2 Å². The number of hydrogen-bond acceptors (Lipinski definition) is 3. The molecule has 0 aliphatic carbocycles. The third-order valence-corrected chi connectivity index (χ3v) is 3.99. The summed E-state index contributed by atoms with van der Waals surface area (Å²) in [6.45, 7) is 2.86. The number of anilines is 2. The smallest absolute Gasteiger partial charge is 0.321 e. The number of aliphatic carboxylic acids is 1. The summed E-state index contributed by atoms with van der Waals surface area (Å²) in [6.07, 6.45) is 1.93. The third kappa shape index (κ3) is 4.24. The summed E-state index contributed by atoms with van der Waals surface area (Å²) < 4.78 is 0. The van der Waals surface area contributed by atoms with Crippen molar-refractivity contribution in [2.24, 2.45) is 0 Å². The summed E-state index contributed by atoms with van der Waals surface area (Å²) >= 11 is 0. The van der Waals surface area contributed by atoms with Crippen molar-refractivity contribution in [3.63, 3.8) is 0 Å². The molecule has 1 aliphatic rings. The van der Waals surface area contributed by atoms with E-state index in [9.17, 15) is 14.4 Å². The van der Waals surface area contributed by atoms with Crippen LogP contribution in [-0.2, 0) is 16.0 Å². The molecule has 3 amide bonds. The molecule has 1 aliphatic heterocycles. The van der Waals surface area contributed by atoms with Gasteiger partial charge in [0.15, 0.2) is 0 Å². The number of rotatable bonds is 6. The van der Waals surface area contributed by atoms with Gasteiger partial charge >= 0.3 is 12.0 Å². The van der Waals surface area contributed by atoms with E-state index in [4.69, 9.17) is 5.11 Å². The Hall–Kier alpha value is -2.57. The SMILES string of the molecule is CCCN1C(=O)CCc2cc(NC(=O)N(C)CCC(=O)O)ccc21. The Bertz CT molecular complexity index is 645. The third-order valence-electron chi connectivity index (χ3n) is 3.99. The van der Waals surface area contributed by atoms with Crippen molar-refractivity contribution in [3.05, 3.63) is 23.8 Å². The number of nitrogens with zero attached hydrogens (tertiary/aromatic N) is 2. The Morgan fingerprint density at radius 3 is 2.75 bits per heavy atom. The Kier molecular flexibility index (Phi) is 5.78. The molecule has 0 atom stereocenters. The van der Waals surface area contributed by atoms with Crippen LogP contribution in [0.5, 0.6) is 0 Å². The van der Waals surface area contributed by atoms with E-state index in [2.05, 4.69) is 5.32 Å². The molecule has 0 bridgehead atoms. The summed E-state index contributed by atoms with van der Waals surface area (Å²) in [5.74, 6) is -0.807. The van der Waals surface area contributed by atoms with Gasteiger partial charge < -0.3 is 20.2 Å². The molecule has 0 saturated heterocycles. The van der Waals surface area contributed by atoms with Crippen LogP contribution in [0.2, 0.25) is 0 Å². The lowest BCUT2D eigenvalue weighted by Crippen LogP contribution is -2.36. The number of carbonyl (C=O) groups excluding carboxylic acids is 2. The molecule has 1 heterocycles. The number of urea groups is 1. The molecule has 0 fully saturated rings. The van der Waals surface area contributed by atoms with Crippen LogP contribution in [0.15, 0.2) is 18.2 Å². The molecule has 0 unspecified atom stereocenters. The molecular weight excluding hydrogens is 310 g/mol. The summed E-state index contributed by atoms with van der Waals surface area (Å²) in [5.41, 5.74) is 2.59. The number of aryl methyl sites for hydroxylation is 1. The van der Waals surface area contributed by atoms with Gasteiger partial charge in [-0.1, -0.05) is 6.92 Å². The molecule has 0 spiro atoms. The van der Waals surface area contributed by atoms with E-state index in [0.717, 1.165) is 17.7 Å². The van der Waals surface area contributed by atoms with Gasteiger partial charge in [0.2, 0.25) is 5.91 Å². The fraction of sp³-hybridized carbons (Fsp3) is 0.471. The van der Waals surface area contributed by atoms with Crippen molar-refractivity contribution in [2.45, 2.75) is 32.6 Å². The van der Waals surface area contributed by atoms with Crippen LogP contribution >= 0.6 is 0 Å². The lowest BCUT2D eigenvalue weighted by atomic mass is 10.00. The number of carbonyl (C=O) groups is 3. The van der Waals surface area contributed by atoms with E-state index in [1.54, 1.807) is 18.0 Å². The maximum atomic E-state index is 12.1. The zero-order valence-electron chi connectivity index (χ0n) is 14.0. The Morgan fingerprint density at radius 1 is 1.33 bits per heavy atom. The number of hydrogen-bond donors (Lipinski definition) is 2. The van der Waals surface area contributed by atoms with Gasteiger partial charge in [0.1, 0.15) is 0 Å². The van der Waals surface area contributed by atoms with Crippen LogP contribution in [-0.4, -0.2) is 48.1 Å². The Morgan fingerprint density at radius 2 is 2.08 bits per heavy atom. The molecule has 2 rings (SSSR count). The number of nitrogens with one attached hydrogen (secondary N) is 1. The van der Waals surface area contributed by atoms with E-state index < -0.39 is 5.97 Å². The number of fused-ring (bicyclic) bond motifs is 1. The lowest BCUT2D eigenvalue weighted by molar-refractivity contribution is -0.137. The molecule has 130 valence electrons. The van der Waals surface area contributed by atoms with Gasteiger partial charge in [0.05, 0.1) is 6.42 Å². The standard InChI is InChI=1S/C17H23N3O4/c1-3-9-20-14-6-5-13(11-12(14)4-7-15(20)21)18-17(24)19(2)10-8-16(22)23/h5-6,11H,3-4,7-10H2,1-2H3,(H,18,24)(H,22,23). The summed E-state index contributed by atoms with van der Waals surface area (Å²) in [4.78, 5) is 37.8. The van der Waals surface area contributed by atoms with Crippen molar-refractivity contribution in [2.75, 3.05) is 30.4 Å². The molecule has 2 N–H and O–H groups in total. The summed E-state index contributed by atoms with van der Waals surface area (Å²) in [7, 11) is 1.55. The maximum Gasteiger partial charge on any atom is 0.321 e. The van der Waals surface area contributed by atoms with Gasteiger partial charge in [-0.3, -0.25) is 9.59 Å². The van der Waals surface area contributed by atoms with Crippen LogP contribution in [0.25, 0.3) is 0 Å². The minimum absolute atomic E-state index is 0.0950. The quantitative estimate of drug-likeness (QED) is 0.836. The van der Waals surface area contributed by atoms with Crippen LogP contribution in [0.1, 0.15) is 31.7 Å². The highest BCUT2D eigenvalue weighted by Crippen LogP contribution is 2.30. The first kappa shape index (κ1) is 17.8. The highest BCUT2D eigenvalue weighted by atomic mass is 16.4. The number of amides is 3. The van der Waals surface area contributed by atoms with Crippen LogP contribution < -0.4 is 10.2 Å². The molecule has 1 aromatic carbocycles. The van der Waals surface area contributed by atoms with Crippen molar-refractivity contribution < 1.29 is 19.5 Å². The fourth-order valence-electron chi connectivity index (χ4n) is 2.69. The number of benzene rings is 1. The second-order valence-electron chi connectivity index (χ2n) is 5.88. The van der Waals surface area contributed by atoms with E-state index in [0.29, 0.717) is 25.1 Å². The van der Waals surface area contributed by atoms with E-state index >= 15 is 0 Å². The van der Waals surface area contributed by atoms with E-state index in [1.165, 1.54) is 4.90 Å². The minimum Gasteiger partial charge on any atom is -0.481 e. The van der Waals surface area contributed by atoms with Crippen molar-refractivity contribution >= 4 is 29.3 Å². The van der Waals surface area contributed by atoms with Crippen LogP contribution in [0.3, 0.4) is 0 Å². The van der Waals surface area contributed by atoms with Crippen molar-refractivity contribution in [1.29, 1.82) is 0 Å². The molecule has 0 radical (unpaired) electrons.